The Morgan fingerprint density at radius 3 is 2.18 bits per heavy atom. The van der Waals surface area contributed by atoms with E-state index in [1.54, 1.807) is 6.92 Å². The fourth-order valence-corrected chi connectivity index (χ4v) is 3.59. The van der Waals surface area contributed by atoms with Crippen molar-refractivity contribution >= 4 is 16.2 Å². The van der Waals surface area contributed by atoms with E-state index >= 15 is 0 Å². The quantitative estimate of drug-likeness (QED) is 0.785. The van der Waals surface area contributed by atoms with Crippen LogP contribution in [0.15, 0.2) is 0 Å². The Hall–Kier alpha value is -0.660. The molecule has 100 valence electrons. The molecule has 0 saturated carbocycles. The van der Waals surface area contributed by atoms with Crippen molar-refractivity contribution in [3.63, 3.8) is 0 Å². The third kappa shape index (κ3) is 3.93. The molecule has 0 spiro atoms. The van der Waals surface area contributed by atoms with Crippen molar-refractivity contribution < 1.29 is 18.3 Å². The van der Waals surface area contributed by atoms with Gasteiger partial charge in [0.25, 0.3) is 10.2 Å². The minimum absolute atomic E-state index is 0.186. The van der Waals surface area contributed by atoms with Crippen molar-refractivity contribution in [3.8, 4) is 0 Å². The molecule has 0 radical (unpaired) electrons. The van der Waals surface area contributed by atoms with E-state index in [1.807, 2.05) is 0 Å². The lowest BCUT2D eigenvalue weighted by atomic mass is 10.2. The van der Waals surface area contributed by atoms with E-state index in [2.05, 4.69) is 0 Å². The largest absolute Gasteiger partial charge is 0.480 e. The zero-order valence-corrected chi connectivity index (χ0v) is 10.9. The summed E-state index contributed by atoms with van der Waals surface area (Å²) in [5.41, 5.74) is 0. The normalized spacial score (nSPS) is 19.2. The SMILES string of the molecule is CCN(CC(=O)O)S(=O)(=O)N1CCCCCC1. The van der Waals surface area contributed by atoms with E-state index in [0.717, 1.165) is 30.0 Å². The Bertz CT molecular complexity index is 347. The number of rotatable bonds is 5. The van der Waals surface area contributed by atoms with Crippen molar-refractivity contribution in [3.05, 3.63) is 0 Å². The second kappa shape index (κ2) is 6.32. The van der Waals surface area contributed by atoms with Gasteiger partial charge in [-0.2, -0.15) is 17.0 Å². The highest BCUT2D eigenvalue weighted by atomic mass is 32.2. The van der Waals surface area contributed by atoms with Crippen molar-refractivity contribution in [1.82, 2.24) is 8.61 Å². The zero-order chi connectivity index (χ0) is 12.9. The van der Waals surface area contributed by atoms with Crippen LogP contribution in [0.5, 0.6) is 0 Å². The lowest BCUT2D eigenvalue weighted by Gasteiger charge is -2.27. The summed E-state index contributed by atoms with van der Waals surface area (Å²) in [6, 6.07) is 0. The highest BCUT2D eigenvalue weighted by Gasteiger charge is 2.30. The molecule has 1 fully saturated rings. The lowest BCUT2D eigenvalue weighted by molar-refractivity contribution is -0.137. The molecule has 1 aliphatic rings. The molecule has 0 atom stereocenters. The van der Waals surface area contributed by atoms with Gasteiger partial charge in [0.1, 0.15) is 6.54 Å². The molecule has 0 aromatic rings. The van der Waals surface area contributed by atoms with Gasteiger partial charge in [-0.15, -0.1) is 0 Å². The van der Waals surface area contributed by atoms with E-state index in [1.165, 1.54) is 4.31 Å². The molecule has 0 aliphatic carbocycles. The van der Waals surface area contributed by atoms with E-state index < -0.39 is 22.7 Å². The monoisotopic (exact) mass is 264 g/mol. The topological polar surface area (TPSA) is 77.9 Å². The summed E-state index contributed by atoms with van der Waals surface area (Å²) >= 11 is 0. The fraction of sp³-hybridized carbons (Fsp3) is 0.900. The third-order valence-corrected chi connectivity index (χ3v) is 4.94. The average Bonchev–Trinajstić information content (AvgIpc) is 2.54. The molecule has 17 heavy (non-hydrogen) atoms. The number of nitrogens with zero attached hydrogens (tertiary/aromatic N) is 2. The van der Waals surface area contributed by atoms with Crippen LogP contribution in [0, 0.1) is 0 Å². The Balaban J connectivity index is 2.78. The van der Waals surface area contributed by atoms with E-state index in [-0.39, 0.29) is 6.54 Å². The molecular weight excluding hydrogens is 244 g/mol. The van der Waals surface area contributed by atoms with Crippen LogP contribution in [-0.4, -0.2) is 54.3 Å². The molecule has 6 nitrogen and oxygen atoms in total. The van der Waals surface area contributed by atoms with E-state index in [4.69, 9.17) is 5.11 Å². The first-order valence-corrected chi connectivity index (χ1v) is 7.35. The maximum absolute atomic E-state index is 12.2. The predicted octanol–water partition coefficient (Wildman–Crippen LogP) is 0.514. The van der Waals surface area contributed by atoms with Crippen LogP contribution < -0.4 is 0 Å². The van der Waals surface area contributed by atoms with E-state index in [0.29, 0.717) is 13.1 Å². The maximum Gasteiger partial charge on any atom is 0.318 e. The molecular formula is C10H20N2O4S. The third-order valence-electron chi connectivity index (χ3n) is 2.88. The van der Waals surface area contributed by atoms with Gasteiger partial charge in [0.2, 0.25) is 0 Å². The molecule has 7 heteroatoms. The second-order valence-electron chi connectivity index (χ2n) is 4.14. The molecule has 1 rings (SSSR count). The van der Waals surface area contributed by atoms with Crippen molar-refractivity contribution in [1.29, 1.82) is 0 Å². The van der Waals surface area contributed by atoms with Crippen LogP contribution in [0.3, 0.4) is 0 Å². The van der Waals surface area contributed by atoms with E-state index in [9.17, 15) is 13.2 Å². The molecule has 1 saturated heterocycles. The van der Waals surface area contributed by atoms with Crippen LogP contribution in [0.25, 0.3) is 0 Å². The molecule has 0 unspecified atom stereocenters. The number of hydrogen-bond donors (Lipinski definition) is 1. The Kier molecular flexibility index (Phi) is 5.35. The standard InChI is InChI=1S/C10H20N2O4S/c1-2-11(9-10(13)14)17(15,16)12-7-5-3-4-6-8-12/h2-9H2,1H3,(H,13,14). The van der Waals surface area contributed by atoms with Crippen LogP contribution in [0.4, 0.5) is 0 Å². The zero-order valence-electron chi connectivity index (χ0n) is 10.1. The summed E-state index contributed by atoms with van der Waals surface area (Å²) in [7, 11) is -3.61. The van der Waals surface area contributed by atoms with Gasteiger partial charge >= 0.3 is 5.97 Å². The average molecular weight is 264 g/mol. The van der Waals surface area contributed by atoms with Crippen molar-refractivity contribution in [2.45, 2.75) is 32.6 Å². The number of likely N-dealkylation sites (N-methyl/N-ethyl adjacent to an activating group) is 1. The fourth-order valence-electron chi connectivity index (χ4n) is 1.94. The molecule has 1 aliphatic heterocycles. The minimum Gasteiger partial charge on any atom is -0.480 e. The van der Waals surface area contributed by atoms with Crippen LogP contribution in [-0.2, 0) is 15.0 Å². The minimum atomic E-state index is -3.61. The van der Waals surface area contributed by atoms with Crippen LogP contribution in [0.1, 0.15) is 32.6 Å². The van der Waals surface area contributed by atoms with Crippen molar-refractivity contribution in [2.24, 2.45) is 0 Å². The molecule has 1 heterocycles. The van der Waals surface area contributed by atoms with Crippen LogP contribution in [0.2, 0.25) is 0 Å². The number of aliphatic carboxylic acids is 1. The highest BCUT2D eigenvalue weighted by molar-refractivity contribution is 7.86. The second-order valence-corrected chi connectivity index (χ2v) is 6.07. The smallest absolute Gasteiger partial charge is 0.318 e. The molecule has 0 aromatic heterocycles. The Labute approximate surface area is 102 Å². The summed E-state index contributed by atoms with van der Waals surface area (Å²) in [5.74, 6) is -1.12. The number of carboxylic acid groups (broad SMARTS) is 1. The first kappa shape index (κ1) is 14.4. The first-order valence-electron chi connectivity index (χ1n) is 5.95. The lowest BCUT2D eigenvalue weighted by Crippen LogP contribution is -2.46. The van der Waals surface area contributed by atoms with Gasteiger partial charge in [0.15, 0.2) is 0 Å². The Morgan fingerprint density at radius 1 is 1.24 bits per heavy atom. The van der Waals surface area contributed by atoms with Gasteiger partial charge < -0.3 is 5.11 Å². The van der Waals surface area contributed by atoms with Gasteiger partial charge in [0.05, 0.1) is 0 Å². The number of carbonyl (C=O) groups is 1. The molecule has 0 aromatic carbocycles. The summed E-state index contributed by atoms with van der Waals surface area (Å²) in [5, 5.41) is 8.71. The highest BCUT2D eigenvalue weighted by Crippen LogP contribution is 2.16. The summed E-state index contributed by atoms with van der Waals surface area (Å²) in [6.07, 6.45) is 3.78. The summed E-state index contributed by atoms with van der Waals surface area (Å²) in [6.45, 7) is 2.37. The maximum atomic E-state index is 12.2. The Morgan fingerprint density at radius 2 is 1.76 bits per heavy atom. The van der Waals surface area contributed by atoms with Crippen LogP contribution >= 0.6 is 0 Å². The van der Waals surface area contributed by atoms with Crippen molar-refractivity contribution in [2.75, 3.05) is 26.2 Å². The van der Waals surface area contributed by atoms with Gasteiger partial charge in [-0.05, 0) is 12.8 Å². The molecule has 1 N–H and O–H groups in total. The van der Waals surface area contributed by atoms with Gasteiger partial charge in [-0.3, -0.25) is 4.79 Å². The molecule has 0 bridgehead atoms. The van der Waals surface area contributed by atoms with Gasteiger partial charge in [-0.25, -0.2) is 0 Å². The molecule has 0 amide bonds. The summed E-state index contributed by atoms with van der Waals surface area (Å²) < 4.78 is 26.8. The van der Waals surface area contributed by atoms with Gasteiger partial charge in [0, 0.05) is 19.6 Å². The van der Waals surface area contributed by atoms with Gasteiger partial charge in [-0.1, -0.05) is 19.8 Å². The number of hydrogen-bond acceptors (Lipinski definition) is 3. The predicted molar refractivity (Wildman–Crippen MR) is 63.8 cm³/mol. The summed E-state index contributed by atoms with van der Waals surface area (Å²) in [4.78, 5) is 10.6. The number of carboxylic acids is 1. The first-order chi connectivity index (χ1) is 7.98.